The van der Waals surface area contributed by atoms with Crippen molar-refractivity contribution in [2.24, 2.45) is 0 Å². The molecule has 15 heavy (non-hydrogen) atoms. The molecule has 0 aliphatic rings. The van der Waals surface area contributed by atoms with Crippen molar-refractivity contribution in [1.29, 1.82) is 5.26 Å². The summed E-state index contributed by atoms with van der Waals surface area (Å²) >= 11 is 1.36. The summed E-state index contributed by atoms with van der Waals surface area (Å²) in [5.41, 5.74) is 0.104. The number of nitro groups is 1. The smallest absolute Gasteiger partial charge is 0.258 e. The summed E-state index contributed by atoms with van der Waals surface area (Å²) in [7, 11) is 0. The monoisotopic (exact) mass is 222 g/mol. The Hall–Kier alpha value is -1.54. The van der Waals surface area contributed by atoms with Crippen molar-refractivity contribution in [3.8, 4) is 6.07 Å². The number of benzene rings is 1. The molecule has 0 amide bonds. The minimum Gasteiger partial charge on any atom is -0.258 e. The third kappa shape index (κ3) is 3.26. The molecular formula is C10H10N2O2S. The van der Waals surface area contributed by atoms with Crippen LogP contribution in [0.25, 0.3) is 0 Å². The average molecular weight is 222 g/mol. The molecule has 78 valence electrons. The van der Waals surface area contributed by atoms with Gasteiger partial charge in [-0.3, -0.25) is 10.1 Å². The van der Waals surface area contributed by atoms with Crippen molar-refractivity contribution in [3.05, 3.63) is 34.4 Å². The fraction of sp³-hybridized carbons (Fsp3) is 0.300. The summed E-state index contributed by atoms with van der Waals surface area (Å²) in [6.07, 6.45) is 0.386. The second kappa shape index (κ2) is 5.37. The molecule has 1 aromatic rings. The van der Waals surface area contributed by atoms with Crippen LogP contribution in [0.15, 0.2) is 29.2 Å². The molecule has 1 unspecified atom stereocenters. The van der Waals surface area contributed by atoms with Gasteiger partial charge in [-0.15, -0.1) is 11.8 Å². The lowest BCUT2D eigenvalue weighted by Crippen LogP contribution is -1.96. The zero-order valence-corrected chi connectivity index (χ0v) is 9.03. The Morgan fingerprint density at radius 2 is 2.27 bits per heavy atom. The Bertz CT molecular complexity index is 401. The average Bonchev–Trinajstić information content (AvgIpc) is 2.18. The molecule has 0 N–H and O–H groups in total. The first-order valence-electron chi connectivity index (χ1n) is 4.42. The van der Waals surface area contributed by atoms with Crippen molar-refractivity contribution < 1.29 is 4.92 Å². The Morgan fingerprint density at radius 1 is 1.60 bits per heavy atom. The van der Waals surface area contributed by atoms with E-state index in [4.69, 9.17) is 5.26 Å². The van der Waals surface area contributed by atoms with E-state index in [9.17, 15) is 10.1 Å². The summed E-state index contributed by atoms with van der Waals surface area (Å²) in [6, 6.07) is 8.62. The molecule has 0 aliphatic heterocycles. The molecule has 0 aliphatic carbocycles. The van der Waals surface area contributed by atoms with E-state index in [2.05, 4.69) is 0 Å². The van der Waals surface area contributed by atoms with Crippen molar-refractivity contribution >= 4 is 17.4 Å². The van der Waals surface area contributed by atoms with Gasteiger partial charge in [0.25, 0.3) is 5.69 Å². The van der Waals surface area contributed by atoms with Gasteiger partial charge in [-0.1, -0.05) is 19.1 Å². The highest BCUT2D eigenvalue weighted by molar-refractivity contribution is 8.00. The van der Waals surface area contributed by atoms with E-state index in [0.717, 1.165) is 0 Å². The van der Waals surface area contributed by atoms with Gasteiger partial charge in [-0.25, -0.2) is 0 Å². The van der Waals surface area contributed by atoms with E-state index < -0.39 is 4.92 Å². The van der Waals surface area contributed by atoms with Crippen LogP contribution in [-0.4, -0.2) is 10.2 Å². The number of nitriles is 1. The second-order valence-corrected chi connectivity index (χ2v) is 4.50. The maximum Gasteiger partial charge on any atom is 0.282 e. The second-order valence-electron chi connectivity index (χ2n) is 3.02. The van der Waals surface area contributed by atoms with Crippen molar-refractivity contribution in [2.75, 3.05) is 0 Å². The molecule has 0 fully saturated rings. The normalized spacial score (nSPS) is 11.7. The van der Waals surface area contributed by atoms with E-state index in [1.165, 1.54) is 17.8 Å². The molecule has 0 saturated heterocycles. The Labute approximate surface area is 92.1 Å². The van der Waals surface area contributed by atoms with E-state index in [1.54, 1.807) is 18.2 Å². The third-order valence-electron chi connectivity index (χ3n) is 1.77. The minimum atomic E-state index is -0.401. The number of hydrogen-bond acceptors (Lipinski definition) is 4. The lowest BCUT2D eigenvalue weighted by molar-refractivity contribution is -0.387. The fourth-order valence-electron chi connectivity index (χ4n) is 1.09. The lowest BCUT2D eigenvalue weighted by Gasteiger charge is -2.06. The number of nitrogens with zero attached hydrogens (tertiary/aromatic N) is 2. The van der Waals surface area contributed by atoms with E-state index in [0.29, 0.717) is 11.3 Å². The number of hydrogen-bond donors (Lipinski definition) is 0. The van der Waals surface area contributed by atoms with Crippen LogP contribution in [0.2, 0.25) is 0 Å². The molecule has 1 atom stereocenters. The van der Waals surface area contributed by atoms with Crippen LogP contribution in [0.4, 0.5) is 5.69 Å². The molecule has 0 heterocycles. The van der Waals surface area contributed by atoms with Gasteiger partial charge in [0.05, 0.1) is 15.9 Å². The highest BCUT2D eigenvalue weighted by Crippen LogP contribution is 2.32. The van der Waals surface area contributed by atoms with Crippen molar-refractivity contribution in [1.82, 2.24) is 0 Å². The number of rotatable bonds is 4. The molecule has 5 heteroatoms. The first-order chi connectivity index (χ1) is 7.15. The van der Waals surface area contributed by atoms with Crippen molar-refractivity contribution in [2.45, 2.75) is 23.5 Å². The lowest BCUT2D eigenvalue weighted by atomic mass is 10.3. The van der Waals surface area contributed by atoms with Gasteiger partial charge in [0.1, 0.15) is 0 Å². The highest BCUT2D eigenvalue weighted by atomic mass is 32.2. The topological polar surface area (TPSA) is 66.9 Å². The summed E-state index contributed by atoms with van der Waals surface area (Å²) in [6.45, 7) is 1.88. The van der Waals surface area contributed by atoms with Crippen LogP contribution < -0.4 is 0 Å². The Kier molecular flexibility index (Phi) is 4.13. The largest absolute Gasteiger partial charge is 0.282 e. The molecule has 1 rings (SSSR count). The maximum absolute atomic E-state index is 10.7. The first kappa shape index (κ1) is 11.5. The maximum atomic E-state index is 10.7. The van der Waals surface area contributed by atoms with Gasteiger partial charge in [-0.05, 0) is 6.07 Å². The van der Waals surface area contributed by atoms with Gasteiger partial charge >= 0.3 is 0 Å². The van der Waals surface area contributed by atoms with Gasteiger partial charge in [0, 0.05) is 17.7 Å². The molecule has 0 spiro atoms. The first-order valence-corrected chi connectivity index (χ1v) is 5.30. The molecular weight excluding hydrogens is 212 g/mol. The molecule has 4 nitrogen and oxygen atoms in total. The van der Waals surface area contributed by atoms with Crippen LogP contribution >= 0.6 is 11.8 Å². The number of para-hydroxylation sites is 1. The van der Waals surface area contributed by atoms with Crippen LogP contribution in [0.5, 0.6) is 0 Å². The van der Waals surface area contributed by atoms with E-state index in [-0.39, 0.29) is 10.9 Å². The predicted molar refractivity (Wildman–Crippen MR) is 58.6 cm³/mol. The van der Waals surface area contributed by atoms with Gasteiger partial charge in [0.15, 0.2) is 0 Å². The summed E-state index contributed by atoms with van der Waals surface area (Å²) in [5, 5.41) is 19.3. The van der Waals surface area contributed by atoms with Crippen LogP contribution in [-0.2, 0) is 0 Å². The minimum absolute atomic E-state index is 0.0658. The van der Waals surface area contributed by atoms with Gasteiger partial charge < -0.3 is 0 Å². The number of nitro benzene ring substituents is 1. The standard InChI is InChI=1S/C10H10N2O2S/c1-8(6-7-11)15-10-5-3-2-4-9(10)12(13)14/h2-5,8H,6H2,1H3. The van der Waals surface area contributed by atoms with Crippen LogP contribution in [0.1, 0.15) is 13.3 Å². The number of thioether (sulfide) groups is 1. The van der Waals surface area contributed by atoms with Crippen LogP contribution in [0.3, 0.4) is 0 Å². The Morgan fingerprint density at radius 3 is 2.87 bits per heavy atom. The van der Waals surface area contributed by atoms with Gasteiger partial charge in [-0.2, -0.15) is 5.26 Å². The summed E-state index contributed by atoms with van der Waals surface area (Å²) in [4.78, 5) is 10.9. The zero-order chi connectivity index (χ0) is 11.3. The quantitative estimate of drug-likeness (QED) is 0.446. The summed E-state index contributed by atoms with van der Waals surface area (Å²) < 4.78 is 0. The van der Waals surface area contributed by atoms with Gasteiger partial charge in [0.2, 0.25) is 0 Å². The fourth-order valence-corrected chi connectivity index (χ4v) is 2.11. The molecule has 0 radical (unpaired) electrons. The summed E-state index contributed by atoms with van der Waals surface area (Å²) in [5.74, 6) is 0. The predicted octanol–water partition coefficient (Wildman–Crippen LogP) is 2.99. The molecule has 1 aromatic carbocycles. The molecule has 0 bridgehead atoms. The molecule has 0 aromatic heterocycles. The van der Waals surface area contributed by atoms with E-state index >= 15 is 0 Å². The Balaban J connectivity index is 2.85. The third-order valence-corrected chi connectivity index (χ3v) is 2.94. The molecule has 0 saturated carbocycles. The SMILES string of the molecule is CC(CC#N)Sc1ccccc1[N+](=O)[O-]. The highest BCUT2D eigenvalue weighted by Gasteiger charge is 2.15. The van der Waals surface area contributed by atoms with E-state index in [1.807, 2.05) is 13.0 Å². The van der Waals surface area contributed by atoms with Crippen molar-refractivity contribution in [3.63, 3.8) is 0 Å². The zero-order valence-electron chi connectivity index (χ0n) is 8.21. The van der Waals surface area contributed by atoms with Crippen LogP contribution in [0, 0.1) is 21.4 Å².